The predicted molar refractivity (Wildman–Crippen MR) is 87.7 cm³/mol. The van der Waals surface area contributed by atoms with Crippen LogP contribution in [0.2, 0.25) is 0 Å². The summed E-state index contributed by atoms with van der Waals surface area (Å²) in [6.45, 7) is 1.82. The number of ether oxygens (including phenoxy) is 2. The van der Waals surface area contributed by atoms with Crippen molar-refractivity contribution in [1.29, 1.82) is 5.26 Å². The minimum atomic E-state index is -0.715. The number of carbonyl (C=O) groups is 1. The molecule has 0 amide bonds. The summed E-state index contributed by atoms with van der Waals surface area (Å²) in [7, 11) is 0. The fourth-order valence-corrected chi connectivity index (χ4v) is 1.86. The molecule has 1 atom stereocenters. The van der Waals surface area contributed by atoms with Crippen molar-refractivity contribution in [1.82, 2.24) is 0 Å². The van der Waals surface area contributed by atoms with E-state index < -0.39 is 12.1 Å². The largest absolute Gasteiger partial charge is 0.479 e. The molecule has 0 N–H and O–H groups in total. The van der Waals surface area contributed by atoms with E-state index >= 15 is 0 Å². The maximum atomic E-state index is 11.8. The molecule has 0 saturated carbocycles. The second-order valence-electron chi connectivity index (χ2n) is 4.84. The molecular formula is C19H17NO3. The van der Waals surface area contributed by atoms with Gasteiger partial charge in [-0.05, 0) is 42.8 Å². The Kier molecular flexibility index (Phi) is 5.96. The Hall–Kier alpha value is -3.06. The van der Waals surface area contributed by atoms with Crippen LogP contribution >= 0.6 is 0 Å². The maximum absolute atomic E-state index is 11.8. The molecule has 2 rings (SSSR count). The average Bonchev–Trinajstić information content (AvgIpc) is 2.60. The zero-order chi connectivity index (χ0) is 16.5. The Labute approximate surface area is 135 Å². The van der Waals surface area contributed by atoms with Gasteiger partial charge in [0.2, 0.25) is 0 Å². The van der Waals surface area contributed by atoms with Gasteiger partial charge in [-0.1, -0.05) is 36.4 Å². The third kappa shape index (κ3) is 5.33. The Bertz CT molecular complexity index is 700. The second-order valence-corrected chi connectivity index (χ2v) is 4.84. The lowest BCUT2D eigenvalue weighted by molar-refractivity contribution is -0.149. The lowest BCUT2D eigenvalue weighted by atomic mass is 10.2. The van der Waals surface area contributed by atoms with Crippen molar-refractivity contribution in [3.63, 3.8) is 0 Å². The van der Waals surface area contributed by atoms with Crippen molar-refractivity contribution >= 4 is 12.0 Å². The van der Waals surface area contributed by atoms with E-state index in [1.165, 1.54) is 0 Å². The Morgan fingerprint density at radius 3 is 2.52 bits per heavy atom. The summed E-state index contributed by atoms with van der Waals surface area (Å²) in [5.74, 6) is 0.0837. The summed E-state index contributed by atoms with van der Waals surface area (Å²) in [6, 6.07) is 18.4. The van der Waals surface area contributed by atoms with Crippen molar-refractivity contribution in [3.8, 4) is 11.8 Å². The van der Waals surface area contributed by atoms with Gasteiger partial charge < -0.3 is 9.47 Å². The summed E-state index contributed by atoms with van der Waals surface area (Å²) in [5.41, 5.74) is 1.59. The summed E-state index contributed by atoms with van der Waals surface area (Å²) < 4.78 is 10.6. The van der Waals surface area contributed by atoms with Gasteiger partial charge in [-0.15, -0.1) is 0 Å². The Morgan fingerprint density at radius 2 is 1.87 bits per heavy atom. The molecule has 4 heteroatoms. The van der Waals surface area contributed by atoms with Crippen LogP contribution in [0.4, 0.5) is 0 Å². The van der Waals surface area contributed by atoms with Gasteiger partial charge in [0.25, 0.3) is 0 Å². The molecule has 23 heavy (non-hydrogen) atoms. The van der Waals surface area contributed by atoms with Gasteiger partial charge in [-0.2, -0.15) is 5.26 Å². The molecule has 0 fully saturated rings. The monoisotopic (exact) mass is 307 g/mol. The first-order valence-electron chi connectivity index (χ1n) is 7.24. The first-order chi connectivity index (χ1) is 11.2. The molecule has 116 valence electrons. The fourth-order valence-electron chi connectivity index (χ4n) is 1.86. The normalized spacial score (nSPS) is 11.7. The van der Waals surface area contributed by atoms with Crippen molar-refractivity contribution in [2.75, 3.05) is 6.61 Å². The van der Waals surface area contributed by atoms with Gasteiger partial charge >= 0.3 is 5.97 Å². The number of esters is 1. The highest BCUT2D eigenvalue weighted by Crippen LogP contribution is 2.14. The van der Waals surface area contributed by atoms with Gasteiger partial charge in [0, 0.05) is 0 Å². The molecule has 0 aliphatic carbocycles. The lowest BCUT2D eigenvalue weighted by Crippen LogP contribution is -2.26. The summed E-state index contributed by atoms with van der Waals surface area (Å²) >= 11 is 0. The molecule has 0 spiro atoms. The van der Waals surface area contributed by atoms with Gasteiger partial charge in [0.15, 0.2) is 6.10 Å². The molecule has 0 aliphatic heterocycles. The SMILES string of the molecule is C[C@H](Oc1ccc(C#N)cc1)C(=O)OC/C=C/c1ccccc1. The van der Waals surface area contributed by atoms with Crippen LogP contribution in [0.25, 0.3) is 6.08 Å². The molecule has 0 radical (unpaired) electrons. The zero-order valence-corrected chi connectivity index (χ0v) is 12.8. The minimum Gasteiger partial charge on any atom is -0.479 e. The quantitative estimate of drug-likeness (QED) is 0.765. The standard InChI is InChI=1S/C19H17NO3/c1-15(23-18-11-9-17(14-20)10-12-18)19(21)22-13-5-8-16-6-3-2-4-7-16/h2-12,15H,13H2,1H3/b8-5+/t15-/m0/s1. The molecular weight excluding hydrogens is 290 g/mol. The Morgan fingerprint density at radius 1 is 1.17 bits per heavy atom. The topological polar surface area (TPSA) is 59.3 Å². The Balaban J connectivity index is 1.78. The van der Waals surface area contributed by atoms with Crippen molar-refractivity contribution in [2.24, 2.45) is 0 Å². The second kappa shape index (κ2) is 8.40. The van der Waals surface area contributed by atoms with Crippen LogP contribution < -0.4 is 4.74 Å². The van der Waals surface area contributed by atoms with Crippen LogP contribution in [0.1, 0.15) is 18.1 Å². The molecule has 2 aromatic carbocycles. The number of nitriles is 1. The van der Waals surface area contributed by atoms with E-state index in [1.54, 1.807) is 37.3 Å². The molecule has 0 heterocycles. The number of benzene rings is 2. The third-order valence-electron chi connectivity index (χ3n) is 3.06. The third-order valence-corrected chi connectivity index (χ3v) is 3.06. The first kappa shape index (κ1) is 16.3. The van der Waals surface area contributed by atoms with E-state index in [0.717, 1.165) is 5.56 Å². The highest BCUT2D eigenvalue weighted by molar-refractivity contribution is 5.74. The number of rotatable bonds is 6. The molecule has 0 unspecified atom stereocenters. The minimum absolute atomic E-state index is 0.189. The van der Waals surface area contributed by atoms with Gasteiger partial charge in [-0.25, -0.2) is 4.79 Å². The highest BCUT2D eigenvalue weighted by Gasteiger charge is 2.15. The van der Waals surface area contributed by atoms with Crippen LogP contribution in [-0.2, 0) is 9.53 Å². The molecule has 0 aromatic heterocycles. The van der Waals surface area contributed by atoms with E-state index in [1.807, 2.05) is 42.5 Å². The van der Waals surface area contributed by atoms with E-state index in [0.29, 0.717) is 11.3 Å². The summed E-state index contributed by atoms with van der Waals surface area (Å²) in [5, 5.41) is 8.73. The molecule has 0 bridgehead atoms. The predicted octanol–water partition coefficient (Wildman–Crippen LogP) is 3.58. The van der Waals surface area contributed by atoms with Crippen molar-refractivity contribution in [3.05, 3.63) is 71.8 Å². The van der Waals surface area contributed by atoms with Crippen molar-refractivity contribution < 1.29 is 14.3 Å². The average molecular weight is 307 g/mol. The number of hydrogen-bond acceptors (Lipinski definition) is 4. The first-order valence-corrected chi connectivity index (χ1v) is 7.24. The van der Waals surface area contributed by atoms with Crippen LogP contribution in [0.5, 0.6) is 5.75 Å². The van der Waals surface area contributed by atoms with Crippen LogP contribution in [0, 0.1) is 11.3 Å². The molecule has 4 nitrogen and oxygen atoms in total. The number of carbonyl (C=O) groups excluding carboxylic acids is 1. The lowest BCUT2D eigenvalue weighted by Gasteiger charge is -2.13. The van der Waals surface area contributed by atoms with E-state index in [9.17, 15) is 4.79 Å². The van der Waals surface area contributed by atoms with Gasteiger partial charge in [0.1, 0.15) is 12.4 Å². The summed E-state index contributed by atoms with van der Waals surface area (Å²) in [6.07, 6.45) is 2.95. The van der Waals surface area contributed by atoms with Crippen molar-refractivity contribution in [2.45, 2.75) is 13.0 Å². The van der Waals surface area contributed by atoms with Gasteiger partial charge in [-0.3, -0.25) is 0 Å². The fraction of sp³-hybridized carbons (Fsp3) is 0.158. The van der Waals surface area contributed by atoms with Gasteiger partial charge in [0.05, 0.1) is 11.6 Å². The van der Waals surface area contributed by atoms with Crippen LogP contribution in [0.15, 0.2) is 60.7 Å². The number of hydrogen-bond donors (Lipinski definition) is 0. The molecule has 2 aromatic rings. The van der Waals surface area contributed by atoms with E-state index in [4.69, 9.17) is 14.7 Å². The summed E-state index contributed by atoms with van der Waals surface area (Å²) in [4.78, 5) is 11.8. The van der Waals surface area contributed by atoms with Crippen LogP contribution in [-0.4, -0.2) is 18.7 Å². The number of nitrogens with zero attached hydrogens (tertiary/aromatic N) is 1. The van der Waals surface area contributed by atoms with Crippen LogP contribution in [0.3, 0.4) is 0 Å². The molecule has 0 aliphatic rings. The molecule has 0 saturated heterocycles. The van der Waals surface area contributed by atoms with E-state index in [-0.39, 0.29) is 6.61 Å². The smallest absolute Gasteiger partial charge is 0.347 e. The maximum Gasteiger partial charge on any atom is 0.347 e. The zero-order valence-electron chi connectivity index (χ0n) is 12.8. The highest BCUT2D eigenvalue weighted by atomic mass is 16.6. The van der Waals surface area contributed by atoms with E-state index in [2.05, 4.69) is 0 Å².